The molecule has 0 spiro atoms. The lowest BCUT2D eigenvalue weighted by molar-refractivity contribution is 0.284. The second-order valence-electron chi connectivity index (χ2n) is 20.7. The van der Waals surface area contributed by atoms with Crippen molar-refractivity contribution in [2.75, 3.05) is 0 Å². The highest BCUT2D eigenvalue weighted by Gasteiger charge is 2.53. The zero-order valence-corrected chi connectivity index (χ0v) is 44.4. The molecule has 0 bridgehead atoms. The van der Waals surface area contributed by atoms with Gasteiger partial charge in [0, 0.05) is 78.4 Å². The van der Waals surface area contributed by atoms with E-state index in [4.69, 9.17) is 23.9 Å². The molecule has 0 amide bonds. The zero-order valence-electron chi connectivity index (χ0n) is 44.4. The molecule has 0 aliphatic carbocycles. The van der Waals surface area contributed by atoms with Crippen molar-refractivity contribution in [3.63, 3.8) is 0 Å². The Morgan fingerprint density at radius 1 is 0.595 bits per heavy atom. The number of fused-ring (bicyclic) bond motifs is 6. The Morgan fingerprint density at radius 3 is 1.49 bits per heavy atom. The summed E-state index contributed by atoms with van der Waals surface area (Å²) in [5, 5.41) is 28.1. The molecule has 2 aromatic carbocycles. The van der Waals surface area contributed by atoms with Crippen LogP contribution in [-0.2, 0) is 44.6 Å². The van der Waals surface area contributed by atoms with Crippen LogP contribution in [0, 0.1) is 13.8 Å². The van der Waals surface area contributed by atoms with Crippen molar-refractivity contribution in [1.82, 2.24) is 89.6 Å². The summed E-state index contributed by atoms with van der Waals surface area (Å²) in [4.78, 5) is 58.6. The molecule has 0 saturated carbocycles. The Labute approximate surface area is 450 Å². The van der Waals surface area contributed by atoms with E-state index < -0.39 is 22.6 Å². The lowest BCUT2D eigenvalue weighted by Gasteiger charge is -2.38. The largest absolute Gasteiger partial charge is 0.437 e. The number of nitrogens with one attached hydrogen (secondary N) is 6. The number of rotatable bonds is 10. The number of imidazole rings is 2. The number of hydrogen-bond donors (Lipinski definition) is 6. The fourth-order valence-corrected chi connectivity index (χ4v) is 11.2. The van der Waals surface area contributed by atoms with E-state index in [1.807, 2.05) is 134 Å². The molecule has 14 rings (SSSR count). The standard InChI is InChI=1S/C29H29N9O2.C28H27N9O2/c1-16(2)38-28(39)40-27(36-38)29(18-13-32-37(4)15-18)25-20(19-7-5-6-8-21(19)33-25)11-23(35-29)26-31-14-24(34-26)22-10-9-17(3)12-30-22;1-4-37-27(38)39-26(35-37)28(17-13-31-36(3)15-17)24-19(18-7-5-6-8-20(18)32-24)11-22(34-28)25-30-14-23(33-25)21-10-9-16(2)12-29-21/h5-10,12-16,23,33,35H,11H2,1-4H3,(H,31,34);5-10,12-15,22,32,34H,4,11H2,1-3H3,(H,30,33)/t23-,29?;22-,28?/m11/s1. The maximum Gasteiger partial charge on any atom is 0.437 e. The first-order valence-electron chi connectivity index (χ1n) is 26.2. The molecule has 0 radical (unpaired) electrons. The Morgan fingerprint density at radius 2 is 1.08 bits per heavy atom. The van der Waals surface area contributed by atoms with Crippen LogP contribution < -0.4 is 22.1 Å². The third-order valence-corrected chi connectivity index (χ3v) is 15.1. The minimum Gasteiger partial charge on any atom is -0.389 e. The Kier molecular flexibility index (Phi) is 11.7. The minimum atomic E-state index is -1.14. The number of para-hydroxylation sites is 2. The maximum absolute atomic E-state index is 13.0. The third kappa shape index (κ3) is 8.16. The summed E-state index contributed by atoms with van der Waals surface area (Å²) < 4.78 is 18.0. The van der Waals surface area contributed by atoms with E-state index in [1.54, 1.807) is 34.2 Å². The van der Waals surface area contributed by atoms with Crippen LogP contribution in [0.2, 0.25) is 0 Å². The van der Waals surface area contributed by atoms with Crippen molar-refractivity contribution in [2.24, 2.45) is 14.1 Å². The first kappa shape index (κ1) is 49.1. The molecule has 79 heavy (non-hydrogen) atoms. The monoisotopic (exact) mass is 1060 g/mol. The van der Waals surface area contributed by atoms with Gasteiger partial charge in [0.15, 0.2) is 11.1 Å². The summed E-state index contributed by atoms with van der Waals surface area (Å²) in [6.45, 7) is 10.1. The molecular weight excluding hydrogens is 1000 g/mol. The molecule has 12 aromatic rings. The molecule has 6 N–H and O–H groups in total. The zero-order chi connectivity index (χ0) is 54.3. The number of aromatic nitrogens is 16. The van der Waals surface area contributed by atoms with Crippen LogP contribution >= 0.6 is 0 Å². The average Bonchev–Trinajstić information content (AvgIpc) is 3.99. The van der Waals surface area contributed by atoms with Gasteiger partial charge in [-0.25, -0.2) is 19.6 Å². The molecule has 22 heteroatoms. The molecule has 10 aromatic heterocycles. The van der Waals surface area contributed by atoms with E-state index in [0.717, 1.165) is 101 Å². The van der Waals surface area contributed by atoms with Gasteiger partial charge in [0.1, 0.15) is 11.6 Å². The van der Waals surface area contributed by atoms with Crippen LogP contribution in [0.3, 0.4) is 0 Å². The SMILES string of the molecule is CCn1nc(C2(c3cnn(C)c3)N[C@@H](c3ncc(-c4ccc(C)cn4)[nH]3)Cc3c2[nH]c2ccccc32)oc1=O.Cc1ccc(-c2cnc([C@H]3Cc4c([nH]c5ccccc45)C(c4cnn(C)c4)(c4nn(C(C)C)c(=O)o4)N3)[nH]2)nc1. The van der Waals surface area contributed by atoms with Crippen molar-refractivity contribution in [1.29, 1.82) is 0 Å². The highest BCUT2D eigenvalue weighted by molar-refractivity contribution is 5.87. The predicted octanol–water partition coefficient (Wildman–Crippen LogP) is 7.25. The summed E-state index contributed by atoms with van der Waals surface area (Å²) >= 11 is 0. The molecule has 12 heterocycles. The van der Waals surface area contributed by atoms with Crippen LogP contribution in [0.1, 0.15) is 107 Å². The van der Waals surface area contributed by atoms with Gasteiger partial charge < -0.3 is 28.8 Å². The number of nitrogens with zero attached hydrogens (tertiary/aromatic N) is 12. The van der Waals surface area contributed by atoms with Crippen LogP contribution in [-0.4, -0.2) is 79.0 Å². The summed E-state index contributed by atoms with van der Waals surface area (Å²) in [6.07, 6.45) is 16.0. The molecule has 0 fully saturated rings. The topological polar surface area (TPSA) is 270 Å². The number of aryl methyl sites for hydroxylation is 5. The summed E-state index contributed by atoms with van der Waals surface area (Å²) in [6, 6.07) is 23.7. The van der Waals surface area contributed by atoms with Crippen molar-refractivity contribution in [2.45, 2.75) is 83.2 Å². The predicted molar refractivity (Wildman–Crippen MR) is 293 cm³/mol. The first-order valence-corrected chi connectivity index (χ1v) is 26.2. The quantitative estimate of drug-likeness (QED) is 0.0788. The molecule has 398 valence electrons. The van der Waals surface area contributed by atoms with Gasteiger partial charge in [0.25, 0.3) is 0 Å². The van der Waals surface area contributed by atoms with E-state index in [9.17, 15) is 9.59 Å². The van der Waals surface area contributed by atoms with Gasteiger partial charge in [0.05, 0.1) is 77.1 Å². The lowest BCUT2D eigenvalue weighted by atomic mass is 9.79. The van der Waals surface area contributed by atoms with Crippen molar-refractivity contribution in [3.05, 3.63) is 212 Å². The van der Waals surface area contributed by atoms with Crippen LogP contribution in [0.5, 0.6) is 0 Å². The molecular formula is C57H56N18O4. The van der Waals surface area contributed by atoms with Gasteiger partial charge in [-0.1, -0.05) is 48.5 Å². The Bertz CT molecular complexity index is 4330. The second kappa shape index (κ2) is 18.9. The van der Waals surface area contributed by atoms with Gasteiger partial charge in [0.2, 0.25) is 11.8 Å². The van der Waals surface area contributed by atoms with Crippen molar-refractivity contribution >= 4 is 21.8 Å². The van der Waals surface area contributed by atoms with E-state index in [1.165, 1.54) is 9.36 Å². The molecule has 22 nitrogen and oxygen atoms in total. The molecule has 2 aliphatic heterocycles. The highest BCUT2D eigenvalue weighted by atomic mass is 16.4. The van der Waals surface area contributed by atoms with E-state index in [-0.39, 0.29) is 29.9 Å². The second-order valence-corrected chi connectivity index (χ2v) is 20.7. The molecule has 2 aliphatic rings. The number of H-pyrrole nitrogens is 4. The summed E-state index contributed by atoms with van der Waals surface area (Å²) in [5.41, 5.74) is 10.7. The van der Waals surface area contributed by atoms with Gasteiger partial charge in [-0.05, 0) is 94.0 Å². The first-order chi connectivity index (χ1) is 38.3. The number of benzene rings is 2. The van der Waals surface area contributed by atoms with Gasteiger partial charge in [-0.2, -0.15) is 19.6 Å². The molecule has 0 saturated heterocycles. The van der Waals surface area contributed by atoms with Gasteiger partial charge in [-0.3, -0.25) is 30.0 Å². The average molecular weight is 1060 g/mol. The third-order valence-electron chi connectivity index (χ3n) is 15.1. The van der Waals surface area contributed by atoms with Gasteiger partial charge >= 0.3 is 11.5 Å². The summed E-state index contributed by atoms with van der Waals surface area (Å²) in [5.74, 6) is 0.945. The van der Waals surface area contributed by atoms with E-state index in [0.29, 0.717) is 19.4 Å². The molecule has 2 unspecified atom stereocenters. The fourth-order valence-electron chi connectivity index (χ4n) is 11.2. The molecule has 4 atom stereocenters. The van der Waals surface area contributed by atoms with Gasteiger partial charge in [-0.15, -0.1) is 10.2 Å². The number of aromatic amines is 4. The highest BCUT2D eigenvalue weighted by Crippen LogP contribution is 2.48. The van der Waals surface area contributed by atoms with Crippen molar-refractivity contribution in [3.8, 4) is 22.8 Å². The van der Waals surface area contributed by atoms with E-state index >= 15 is 0 Å². The van der Waals surface area contributed by atoms with Crippen LogP contribution in [0.15, 0.2) is 141 Å². The number of pyridine rings is 2. The lowest BCUT2D eigenvalue weighted by Crippen LogP contribution is -2.51. The normalized spacial score (nSPS) is 19.0. The maximum atomic E-state index is 13.0. The fraction of sp³-hybridized carbons (Fsp3) is 0.263. The smallest absolute Gasteiger partial charge is 0.389 e. The van der Waals surface area contributed by atoms with Crippen molar-refractivity contribution < 1.29 is 8.83 Å². The van der Waals surface area contributed by atoms with Crippen LogP contribution in [0.25, 0.3) is 44.6 Å². The van der Waals surface area contributed by atoms with Crippen LogP contribution in [0.4, 0.5) is 0 Å². The minimum absolute atomic E-state index is 0.174. The van der Waals surface area contributed by atoms with E-state index in [2.05, 4.69) is 68.0 Å². The summed E-state index contributed by atoms with van der Waals surface area (Å²) in [7, 11) is 3.72. The number of hydrogen-bond acceptors (Lipinski definition) is 14. The Hall–Kier alpha value is -9.54. The Balaban J connectivity index is 0.000000150.